The molecule has 52 heavy (non-hydrogen) atoms. The van der Waals surface area contributed by atoms with Gasteiger partial charge in [-0.05, 0) is 36.2 Å². The van der Waals surface area contributed by atoms with Gasteiger partial charge in [-0.25, -0.2) is 4.98 Å². The Morgan fingerprint density at radius 3 is 2.29 bits per heavy atom. The molecule has 0 aliphatic heterocycles. The van der Waals surface area contributed by atoms with E-state index in [9.17, 15) is 0 Å². The van der Waals surface area contributed by atoms with Crippen LogP contribution in [0.3, 0.4) is 0 Å². The molecule has 4 nitrogen and oxygen atoms in total. The number of hydrogen-bond donors (Lipinski definition) is 0. The summed E-state index contributed by atoms with van der Waals surface area (Å²) in [5, 5.41) is 2.07. The summed E-state index contributed by atoms with van der Waals surface area (Å²) in [6.07, 6.45) is 11.8. The van der Waals surface area contributed by atoms with Crippen LogP contribution in [0.25, 0.3) is 55.8 Å². The van der Waals surface area contributed by atoms with Gasteiger partial charge in [-0.15, -0.1) is 23.8 Å². The van der Waals surface area contributed by atoms with E-state index in [0.717, 1.165) is 68.9 Å². The van der Waals surface area contributed by atoms with Gasteiger partial charge in [0.2, 0.25) is 5.71 Å². The molecule has 6 heteroatoms. The second-order valence-corrected chi connectivity index (χ2v) is 26.0. The van der Waals surface area contributed by atoms with Gasteiger partial charge >= 0.3 is 126 Å². The van der Waals surface area contributed by atoms with Crippen LogP contribution in [0.1, 0.15) is 50.7 Å². The maximum Gasteiger partial charge on any atom is 0.216 e. The standard InChI is InChI=1S/C28H23N2O.C18H24GeN.Ir/c1-2-8-21(9-3-1)25-12-11-23-24-18-22(10-13-27(24)31-28(23)30-25)26-17-20(14-15-29-26)16-19-6-4-5-7-19;1-14(2)11-16-12-18(15-9-7-6-8-10-15)20-13-17(16)19(3,4)5;/h1-3,8-9,11-15,17-19H,4-7,16H2;6-9,12-14H,11H2,1-5H3;/q2*-1;. The van der Waals surface area contributed by atoms with Crippen LogP contribution in [-0.4, -0.2) is 28.2 Å². The van der Waals surface area contributed by atoms with Crippen molar-refractivity contribution in [2.45, 2.75) is 69.6 Å². The van der Waals surface area contributed by atoms with Crippen molar-refractivity contribution in [3.8, 4) is 33.8 Å². The van der Waals surface area contributed by atoms with Crippen LogP contribution in [0.2, 0.25) is 17.3 Å². The zero-order valence-corrected chi connectivity index (χ0v) is 35.4. The Morgan fingerprint density at radius 2 is 1.56 bits per heavy atom. The van der Waals surface area contributed by atoms with Crippen LogP contribution in [0, 0.1) is 24.0 Å². The molecule has 0 bridgehead atoms. The normalized spacial score (nSPS) is 13.3. The van der Waals surface area contributed by atoms with Gasteiger partial charge in [-0.2, -0.15) is 0 Å². The second-order valence-electron chi connectivity index (χ2n) is 15.4. The molecule has 1 radical (unpaired) electrons. The van der Waals surface area contributed by atoms with E-state index in [1.54, 1.807) is 4.40 Å². The van der Waals surface area contributed by atoms with Crippen molar-refractivity contribution in [1.82, 2.24) is 15.0 Å². The van der Waals surface area contributed by atoms with Crippen LogP contribution >= 0.6 is 0 Å². The minimum atomic E-state index is -1.86. The topological polar surface area (TPSA) is 51.8 Å². The number of hydrogen-bond acceptors (Lipinski definition) is 4. The maximum atomic E-state index is 6.06. The molecule has 1 fully saturated rings. The first kappa shape index (κ1) is 37.8. The maximum absolute atomic E-state index is 6.06. The van der Waals surface area contributed by atoms with E-state index in [1.807, 2.05) is 48.7 Å². The monoisotopic (exact) mass is 924 g/mol. The first-order valence-electron chi connectivity index (χ1n) is 18.4. The van der Waals surface area contributed by atoms with Crippen molar-refractivity contribution in [2.24, 2.45) is 11.8 Å². The second kappa shape index (κ2) is 16.8. The molecular formula is C46H47GeIrN3O-2. The number of nitrogens with zero attached hydrogens (tertiary/aromatic N) is 3. The molecule has 0 saturated heterocycles. The molecule has 1 aliphatic carbocycles. The van der Waals surface area contributed by atoms with E-state index in [1.165, 1.54) is 36.8 Å². The summed E-state index contributed by atoms with van der Waals surface area (Å²) in [5.41, 5.74) is 10.4. The molecule has 1 aliphatic rings. The van der Waals surface area contributed by atoms with E-state index in [2.05, 4.69) is 109 Å². The van der Waals surface area contributed by atoms with Crippen molar-refractivity contribution < 1.29 is 24.5 Å². The zero-order chi connectivity index (χ0) is 35.4. The number of rotatable bonds is 8. The largest absolute Gasteiger partial charge is 0.486 e. The van der Waals surface area contributed by atoms with Crippen LogP contribution in [0.4, 0.5) is 0 Å². The Labute approximate surface area is 325 Å². The molecule has 8 rings (SSSR count). The van der Waals surface area contributed by atoms with E-state index >= 15 is 0 Å². The van der Waals surface area contributed by atoms with Crippen LogP contribution in [0.5, 0.6) is 0 Å². The van der Waals surface area contributed by atoms with Crippen molar-refractivity contribution in [3.05, 3.63) is 133 Å². The third-order valence-electron chi connectivity index (χ3n) is 9.85. The summed E-state index contributed by atoms with van der Waals surface area (Å²) < 4.78 is 7.60. The van der Waals surface area contributed by atoms with Gasteiger partial charge in [0.05, 0.1) is 11.3 Å². The average Bonchev–Trinajstić information content (AvgIpc) is 3.79. The van der Waals surface area contributed by atoms with E-state index in [0.29, 0.717) is 11.6 Å². The Kier molecular flexibility index (Phi) is 12.3. The van der Waals surface area contributed by atoms with Gasteiger partial charge in [0, 0.05) is 37.3 Å². The molecule has 4 heterocycles. The van der Waals surface area contributed by atoms with E-state index < -0.39 is 13.3 Å². The first-order chi connectivity index (χ1) is 24.7. The van der Waals surface area contributed by atoms with Crippen molar-refractivity contribution in [1.29, 1.82) is 0 Å². The summed E-state index contributed by atoms with van der Waals surface area (Å²) in [6, 6.07) is 39.8. The molecule has 7 aromatic rings. The fraction of sp³-hybridized carbons (Fsp3) is 0.283. The Bertz CT molecular complexity index is 2240. The minimum Gasteiger partial charge on any atom is -0.486 e. The summed E-state index contributed by atoms with van der Waals surface area (Å²) in [6.45, 7) is 4.57. The third kappa shape index (κ3) is 9.00. The summed E-state index contributed by atoms with van der Waals surface area (Å²) >= 11 is -1.86. The van der Waals surface area contributed by atoms with Crippen LogP contribution in [-0.2, 0) is 32.9 Å². The van der Waals surface area contributed by atoms with Gasteiger partial charge in [0.1, 0.15) is 0 Å². The summed E-state index contributed by atoms with van der Waals surface area (Å²) in [7, 11) is 0. The summed E-state index contributed by atoms with van der Waals surface area (Å²) in [4.78, 5) is 14.1. The molecule has 0 spiro atoms. The molecule has 0 unspecified atom stereocenters. The van der Waals surface area contributed by atoms with E-state index in [4.69, 9.17) is 14.4 Å². The molecule has 1 saturated carbocycles. The number of pyridine rings is 3. The number of furan rings is 1. The SMILES string of the molecule is CC(C)Cc1cc(-c2[c-]cccc2)nc[c]1[Ge]([CH3])([CH3])[CH3].[Ir].[c-]1cc2oc3nc(-c4ccccc4)ccc3c2cc1-c1cc(CC2CCCC2)ccn1. The zero-order valence-electron chi connectivity index (χ0n) is 30.9. The number of aromatic nitrogens is 3. The van der Waals surface area contributed by atoms with Crippen LogP contribution in [0.15, 0.2) is 114 Å². The van der Waals surface area contributed by atoms with E-state index in [-0.39, 0.29) is 20.1 Å². The van der Waals surface area contributed by atoms with Gasteiger partial charge in [-0.1, -0.05) is 73.0 Å². The third-order valence-corrected chi connectivity index (χ3v) is 14.2. The Balaban J connectivity index is 0.000000193. The molecule has 0 N–H and O–H groups in total. The quantitative estimate of drug-likeness (QED) is 0.113. The van der Waals surface area contributed by atoms with Gasteiger partial charge in [0.15, 0.2) is 0 Å². The van der Waals surface area contributed by atoms with Gasteiger partial charge in [0.25, 0.3) is 0 Å². The number of fused-ring (bicyclic) bond motifs is 3. The molecule has 0 atom stereocenters. The van der Waals surface area contributed by atoms with Gasteiger partial charge < -0.3 is 9.40 Å². The van der Waals surface area contributed by atoms with Crippen molar-refractivity contribution in [2.75, 3.05) is 0 Å². The molecule has 0 amide bonds. The average molecular weight is 923 g/mol. The predicted octanol–water partition coefficient (Wildman–Crippen LogP) is 11.5. The smallest absolute Gasteiger partial charge is 0.216 e. The fourth-order valence-electron chi connectivity index (χ4n) is 7.30. The molecule has 3 aromatic carbocycles. The predicted molar refractivity (Wildman–Crippen MR) is 215 cm³/mol. The molecular weight excluding hydrogens is 875 g/mol. The summed E-state index contributed by atoms with van der Waals surface area (Å²) in [5.74, 6) is 8.82. The molecule has 4 aromatic heterocycles. The van der Waals surface area contributed by atoms with Gasteiger partial charge in [-0.3, -0.25) is 0 Å². The minimum absolute atomic E-state index is 0. The van der Waals surface area contributed by atoms with Crippen molar-refractivity contribution >= 4 is 39.7 Å². The Hall–Kier alpha value is -3.90. The van der Waals surface area contributed by atoms with Crippen molar-refractivity contribution in [3.63, 3.8) is 0 Å². The van der Waals surface area contributed by atoms with Crippen LogP contribution < -0.4 is 4.40 Å². The Morgan fingerprint density at radius 1 is 0.788 bits per heavy atom. The first-order valence-corrected chi connectivity index (χ1v) is 25.8. The number of benzene rings is 3. The fourth-order valence-corrected chi connectivity index (χ4v) is 10.6. The molecule has 267 valence electrons.